The molecule has 1 heterocycles. The quantitative estimate of drug-likeness (QED) is 0.795. The molecule has 1 aliphatic heterocycles. The molecule has 1 N–H and O–H groups in total. The summed E-state index contributed by atoms with van der Waals surface area (Å²) in [7, 11) is 3.31. The summed E-state index contributed by atoms with van der Waals surface area (Å²) in [5.41, 5.74) is 0.00569. The minimum absolute atomic E-state index is 0.0977. The molecule has 1 fully saturated rings. The van der Waals surface area contributed by atoms with Gasteiger partial charge in [0.15, 0.2) is 0 Å². The molecule has 27 heavy (non-hydrogen) atoms. The Kier molecular flexibility index (Phi) is 6.64. The van der Waals surface area contributed by atoms with Gasteiger partial charge in [-0.25, -0.2) is 0 Å². The van der Waals surface area contributed by atoms with Crippen LogP contribution >= 0.6 is 0 Å². The van der Waals surface area contributed by atoms with Crippen LogP contribution in [0.25, 0.3) is 0 Å². The van der Waals surface area contributed by atoms with Gasteiger partial charge in [-0.15, -0.1) is 0 Å². The van der Waals surface area contributed by atoms with Crippen molar-refractivity contribution >= 4 is 11.8 Å². The fourth-order valence-electron chi connectivity index (χ4n) is 3.18. The van der Waals surface area contributed by atoms with Crippen LogP contribution in [-0.2, 0) is 22.3 Å². The highest BCUT2D eigenvalue weighted by atomic mass is 19.4. The molecule has 2 amide bonds. The second-order valence-corrected chi connectivity index (χ2v) is 6.85. The molecule has 2 atom stereocenters. The number of benzene rings is 1. The number of hydrogen-bond acceptors (Lipinski definition) is 3. The van der Waals surface area contributed by atoms with Crippen LogP contribution < -0.4 is 5.32 Å². The number of halogens is 3. The predicted molar refractivity (Wildman–Crippen MR) is 95.7 cm³/mol. The van der Waals surface area contributed by atoms with E-state index in [1.165, 1.54) is 23.1 Å². The van der Waals surface area contributed by atoms with Crippen LogP contribution in [0.15, 0.2) is 36.9 Å². The molecule has 1 aromatic carbocycles. The van der Waals surface area contributed by atoms with Crippen LogP contribution in [0.1, 0.15) is 24.0 Å². The highest BCUT2D eigenvalue weighted by Crippen LogP contribution is 2.29. The van der Waals surface area contributed by atoms with E-state index in [0.29, 0.717) is 31.5 Å². The molecule has 2 rings (SSSR count). The second-order valence-electron chi connectivity index (χ2n) is 6.85. The third kappa shape index (κ3) is 5.56. The summed E-state index contributed by atoms with van der Waals surface area (Å²) < 4.78 is 38.1. The zero-order valence-electron chi connectivity index (χ0n) is 15.4. The number of nitrogens with zero attached hydrogens (tertiary/aromatic N) is 2. The van der Waals surface area contributed by atoms with Gasteiger partial charge in [-0.05, 0) is 36.6 Å². The van der Waals surface area contributed by atoms with Crippen molar-refractivity contribution in [2.45, 2.75) is 37.6 Å². The van der Waals surface area contributed by atoms with Crippen molar-refractivity contribution < 1.29 is 22.8 Å². The monoisotopic (exact) mass is 383 g/mol. The van der Waals surface area contributed by atoms with Crippen molar-refractivity contribution in [2.75, 3.05) is 20.6 Å². The molecule has 0 bridgehead atoms. The SMILES string of the molecule is C=CC(=O)N[C@@H]1CCN(Cc2ccc(C(F)(F)F)cc2)[C@@H](C(=O)N(C)C)C1. The third-order valence-electron chi connectivity index (χ3n) is 4.64. The van der Waals surface area contributed by atoms with Crippen LogP contribution in [0.4, 0.5) is 13.2 Å². The van der Waals surface area contributed by atoms with E-state index in [1.807, 2.05) is 4.90 Å². The Morgan fingerprint density at radius 3 is 2.44 bits per heavy atom. The van der Waals surface area contributed by atoms with E-state index >= 15 is 0 Å². The van der Waals surface area contributed by atoms with E-state index in [2.05, 4.69) is 11.9 Å². The summed E-state index contributed by atoms with van der Waals surface area (Å²) in [4.78, 5) is 27.6. The maximum absolute atomic E-state index is 12.7. The Balaban J connectivity index is 2.12. The van der Waals surface area contributed by atoms with Crippen molar-refractivity contribution in [1.29, 1.82) is 0 Å². The molecule has 148 valence electrons. The summed E-state index contributed by atoms with van der Waals surface area (Å²) in [5, 5.41) is 2.82. The molecule has 1 saturated heterocycles. The standard InChI is InChI=1S/C19H24F3N3O2/c1-4-17(26)23-15-9-10-25(16(11-15)18(27)24(2)3)12-13-5-7-14(8-6-13)19(20,21)22/h4-8,15-16H,1,9-12H2,2-3H3,(H,23,26)/t15-,16-/m1/s1. The maximum Gasteiger partial charge on any atom is 0.416 e. The lowest BCUT2D eigenvalue weighted by Gasteiger charge is -2.39. The van der Waals surface area contributed by atoms with Gasteiger partial charge in [0.2, 0.25) is 11.8 Å². The average Bonchev–Trinajstić information content (AvgIpc) is 2.61. The zero-order chi connectivity index (χ0) is 20.2. The smallest absolute Gasteiger partial charge is 0.350 e. The van der Waals surface area contributed by atoms with E-state index in [-0.39, 0.29) is 17.9 Å². The lowest BCUT2D eigenvalue weighted by atomic mass is 9.95. The van der Waals surface area contributed by atoms with Gasteiger partial charge in [0.25, 0.3) is 0 Å². The van der Waals surface area contributed by atoms with Crippen molar-refractivity contribution in [1.82, 2.24) is 15.1 Å². The minimum Gasteiger partial charge on any atom is -0.350 e. The number of hydrogen-bond donors (Lipinski definition) is 1. The highest BCUT2D eigenvalue weighted by molar-refractivity contribution is 5.87. The number of piperidine rings is 1. The number of likely N-dealkylation sites (tertiary alicyclic amines) is 1. The average molecular weight is 383 g/mol. The van der Waals surface area contributed by atoms with Gasteiger partial charge in [-0.3, -0.25) is 14.5 Å². The number of amides is 2. The molecule has 0 unspecified atom stereocenters. The first-order valence-electron chi connectivity index (χ1n) is 8.66. The Bertz CT molecular complexity index is 686. The second kappa shape index (κ2) is 8.56. The van der Waals surface area contributed by atoms with Crippen molar-refractivity contribution in [2.24, 2.45) is 0 Å². The summed E-state index contributed by atoms with van der Waals surface area (Å²) >= 11 is 0. The maximum atomic E-state index is 12.7. The fourth-order valence-corrected chi connectivity index (χ4v) is 3.18. The number of carbonyl (C=O) groups is 2. The van der Waals surface area contributed by atoms with E-state index < -0.39 is 17.8 Å². The fraction of sp³-hybridized carbons (Fsp3) is 0.474. The molecule has 5 nitrogen and oxygen atoms in total. The topological polar surface area (TPSA) is 52.7 Å². The normalized spacial score (nSPS) is 20.8. The number of likely N-dealkylation sites (N-methyl/N-ethyl adjacent to an activating group) is 1. The zero-order valence-corrected chi connectivity index (χ0v) is 15.4. The number of alkyl halides is 3. The molecule has 1 aliphatic rings. The van der Waals surface area contributed by atoms with Crippen LogP contribution in [0.2, 0.25) is 0 Å². The van der Waals surface area contributed by atoms with E-state index in [9.17, 15) is 22.8 Å². The molecular weight excluding hydrogens is 359 g/mol. The van der Waals surface area contributed by atoms with Crippen molar-refractivity contribution in [3.8, 4) is 0 Å². The van der Waals surface area contributed by atoms with Gasteiger partial charge in [0.1, 0.15) is 0 Å². The third-order valence-corrected chi connectivity index (χ3v) is 4.64. The Hall–Kier alpha value is -2.35. The van der Waals surface area contributed by atoms with Crippen LogP contribution in [-0.4, -0.2) is 54.3 Å². The molecule has 1 aromatic rings. The Morgan fingerprint density at radius 2 is 1.93 bits per heavy atom. The van der Waals surface area contributed by atoms with Crippen molar-refractivity contribution in [3.05, 3.63) is 48.0 Å². The van der Waals surface area contributed by atoms with Gasteiger partial charge in [-0.2, -0.15) is 13.2 Å². The Labute approximate surface area is 156 Å². The molecule has 0 spiro atoms. The Morgan fingerprint density at radius 1 is 1.30 bits per heavy atom. The summed E-state index contributed by atoms with van der Waals surface area (Å²) in [6.45, 7) is 4.34. The molecule has 0 aromatic heterocycles. The number of carbonyl (C=O) groups excluding carboxylic acids is 2. The van der Waals surface area contributed by atoms with Gasteiger partial charge in [0.05, 0.1) is 11.6 Å². The molecule has 0 aliphatic carbocycles. The van der Waals surface area contributed by atoms with Gasteiger partial charge < -0.3 is 10.2 Å². The summed E-state index contributed by atoms with van der Waals surface area (Å²) in [6, 6.07) is 4.38. The first kappa shape index (κ1) is 21.0. The molecule has 8 heteroatoms. The van der Waals surface area contributed by atoms with Crippen LogP contribution in [0.5, 0.6) is 0 Å². The molecule has 0 saturated carbocycles. The van der Waals surface area contributed by atoms with Crippen LogP contribution in [0.3, 0.4) is 0 Å². The van der Waals surface area contributed by atoms with E-state index in [0.717, 1.165) is 12.1 Å². The largest absolute Gasteiger partial charge is 0.416 e. The van der Waals surface area contributed by atoms with Crippen LogP contribution in [0, 0.1) is 0 Å². The first-order valence-corrected chi connectivity index (χ1v) is 8.66. The van der Waals surface area contributed by atoms with Crippen molar-refractivity contribution in [3.63, 3.8) is 0 Å². The lowest BCUT2D eigenvalue weighted by Crippen LogP contribution is -2.54. The highest BCUT2D eigenvalue weighted by Gasteiger charge is 2.35. The van der Waals surface area contributed by atoms with E-state index in [4.69, 9.17) is 0 Å². The predicted octanol–water partition coefficient (Wildman–Crippen LogP) is 2.43. The van der Waals surface area contributed by atoms with Gasteiger partial charge in [0, 0.05) is 33.2 Å². The summed E-state index contributed by atoms with van der Waals surface area (Å²) in [5.74, 6) is -0.383. The minimum atomic E-state index is -4.37. The number of rotatable bonds is 5. The summed E-state index contributed by atoms with van der Waals surface area (Å²) in [6.07, 6.45) is -2.09. The number of nitrogens with one attached hydrogen (secondary N) is 1. The molecule has 0 radical (unpaired) electrons. The van der Waals surface area contributed by atoms with Gasteiger partial charge in [-0.1, -0.05) is 18.7 Å². The van der Waals surface area contributed by atoms with Gasteiger partial charge >= 0.3 is 6.18 Å². The molecular formula is C19H24F3N3O2. The van der Waals surface area contributed by atoms with E-state index in [1.54, 1.807) is 14.1 Å². The first-order chi connectivity index (χ1) is 12.6. The lowest BCUT2D eigenvalue weighted by molar-refractivity contribution is -0.137.